The second kappa shape index (κ2) is 4.35. The lowest BCUT2D eigenvalue weighted by Crippen LogP contribution is -2.43. The molecule has 0 spiro atoms. The second-order valence-electron chi connectivity index (χ2n) is 2.90. The summed E-state index contributed by atoms with van der Waals surface area (Å²) in [5.41, 5.74) is 0. The van der Waals surface area contributed by atoms with E-state index in [-0.39, 0.29) is 4.31 Å². The van der Waals surface area contributed by atoms with Crippen molar-refractivity contribution in [3.8, 4) is 0 Å². The van der Waals surface area contributed by atoms with Crippen LogP contribution in [-0.2, 0) is 14.8 Å². The number of hydrogen-bond acceptors (Lipinski definition) is 3. The maximum atomic E-state index is 11.8. The van der Waals surface area contributed by atoms with E-state index in [4.69, 9.17) is 5.11 Å². The first kappa shape index (κ1) is 14.2. The molecular weight excluding hydrogens is 239 g/mol. The Kier molecular flexibility index (Phi) is 4.11. The highest BCUT2D eigenvalue weighted by Gasteiger charge is 2.39. The van der Waals surface area contributed by atoms with Crippen molar-refractivity contribution < 1.29 is 31.5 Å². The molecule has 0 bridgehead atoms. The van der Waals surface area contributed by atoms with E-state index in [1.165, 1.54) is 0 Å². The number of carboxylic acid groups (broad SMARTS) is 1. The molecule has 0 aromatic heterocycles. The highest BCUT2D eigenvalue weighted by atomic mass is 32.2. The Hall–Kier alpha value is -0.830. The molecule has 9 heteroatoms. The molecule has 0 radical (unpaired) electrons. The first-order valence-corrected chi connectivity index (χ1v) is 5.33. The summed E-state index contributed by atoms with van der Waals surface area (Å²) in [6, 6.07) is -1.53. The highest BCUT2D eigenvalue weighted by molar-refractivity contribution is 7.89. The van der Waals surface area contributed by atoms with Crippen molar-refractivity contribution in [2.75, 3.05) is 12.8 Å². The van der Waals surface area contributed by atoms with E-state index < -0.39 is 34.0 Å². The Morgan fingerprint density at radius 1 is 1.47 bits per heavy atom. The minimum Gasteiger partial charge on any atom is -0.480 e. The number of rotatable bonds is 4. The van der Waals surface area contributed by atoms with Crippen LogP contribution in [0.3, 0.4) is 0 Å². The van der Waals surface area contributed by atoms with Gasteiger partial charge in [0.2, 0.25) is 10.0 Å². The van der Waals surface area contributed by atoms with E-state index >= 15 is 0 Å². The lowest BCUT2D eigenvalue weighted by molar-refractivity contribution is -0.140. The fourth-order valence-electron chi connectivity index (χ4n) is 0.705. The summed E-state index contributed by atoms with van der Waals surface area (Å²) in [6.45, 7) is 0.982. The van der Waals surface area contributed by atoms with Crippen molar-refractivity contribution >= 4 is 16.0 Å². The SMILES string of the molecule is CC(C(=O)O)N(C)S(=O)(=O)CC(F)(F)F. The normalized spacial score (nSPS) is 15.3. The number of alkyl halides is 3. The van der Waals surface area contributed by atoms with Gasteiger partial charge >= 0.3 is 12.1 Å². The topological polar surface area (TPSA) is 74.7 Å². The average molecular weight is 249 g/mol. The first-order valence-electron chi connectivity index (χ1n) is 3.72. The molecule has 0 aliphatic heterocycles. The Morgan fingerprint density at radius 2 is 1.87 bits per heavy atom. The van der Waals surface area contributed by atoms with Crippen LogP contribution in [0, 0.1) is 0 Å². The molecule has 0 saturated carbocycles. The fraction of sp³-hybridized carbons (Fsp3) is 0.833. The largest absolute Gasteiger partial charge is 0.480 e. The van der Waals surface area contributed by atoms with Crippen LogP contribution in [0.4, 0.5) is 13.2 Å². The average Bonchev–Trinajstić information content (AvgIpc) is 1.96. The Labute approximate surface area is 84.5 Å². The van der Waals surface area contributed by atoms with Gasteiger partial charge in [0.25, 0.3) is 0 Å². The third-order valence-electron chi connectivity index (χ3n) is 1.69. The van der Waals surface area contributed by atoms with E-state index in [1.54, 1.807) is 0 Å². The molecule has 5 nitrogen and oxygen atoms in total. The van der Waals surface area contributed by atoms with Crippen LogP contribution in [-0.4, -0.2) is 48.8 Å². The molecule has 0 saturated heterocycles. The van der Waals surface area contributed by atoms with E-state index in [1.807, 2.05) is 0 Å². The molecule has 1 unspecified atom stereocenters. The van der Waals surface area contributed by atoms with Gasteiger partial charge in [-0.05, 0) is 6.92 Å². The molecule has 1 N–H and O–H groups in total. The second-order valence-corrected chi connectivity index (χ2v) is 4.93. The van der Waals surface area contributed by atoms with Gasteiger partial charge in [0, 0.05) is 7.05 Å². The zero-order valence-electron chi connectivity index (χ0n) is 7.95. The molecule has 0 aliphatic carbocycles. The summed E-state index contributed by atoms with van der Waals surface area (Å²) in [6.07, 6.45) is -4.88. The maximum absolute atomic E-state index is 11.8. The van der Waals surface area contributed by atoms with Gasteiger partial charge in [-0.3, -0.25) is 4.79 Å². The van der Waals surface area contributed by atoms with E-state index in [9.17, 15) is 26.4 Å². The Balaban J connectivity index is 4.83. The minimum atomic E-state index is -4.88. The molecule has 0 aromatic carbocycles. The van der Waals surface area contributed by atoms with Crippen LogP contribution in [0.1, 0.15) is 6.92 Å². The predicted molar refractivity (Wildman–Crippen MR) is 44.7 cm³/mol. The van der Waals surface area contributed by atoms with Crippen LogP contribution >= 0.6 is 0 Å². The molecule has 0 fully saturated rings. The van der Waals surface area contributed by atoms with Crippen LogP contribution < -0.4 is 0 Å². The molecule has 0 rings (SSSR count). The molecule has 0 aromatic rings. The minimum absolute atomic E-state index is 0.183. The summed E-state index contributed by atoms with van der Waals surface area (Å²) in [4.78, 5) is 10.4. The number of likely N-dealkylation sites (N-methyl/N-ethyl adjacent to an activating group) is 1. The first-order chi connectivity index (χ1) is 6.47. The van der Waals surface area contributed by atoms with Gasteiger partial charge in [-0.25, -0.2) is 8.42 Å². The molecule has 15 heavy (non-hydrogen) atoms. The van der Waals surface area contributed by atoms with E-state index in [0.717, 1.165) is 14.0 Å². The lowest BCUT2D eigenvalue weighted by Gasteiger charge is -2.21. The van der Waals surface area contributed by atoms with Gasteiger partial charge in [-0.15, -0.1) is 0 Å². The summed E-state index contributed by atoms with van der Waals surface area (Å²) in [5, 5.41) is 8.43. The van der Waals surface area contributed by atoms with Crippen molar-refractivity contribution in [2.24, 2.45) is 0 Å². The fourth-order valence-corrected chi connectivity index (χ4v) is 1.89. The zero-order valence-corrected chi connectivity index (χ0v) is 8.76. The van der Waals surface area contributed by atoms with Crippen LogP contribution in [0.25, 0.3) is 0 Å². The van der Waals surface area contributed by atoms with Gasteiger partial charge in [0.15, 0.2) is 5.75 Å². The smallest absolute Gasteiger partial charge is 0.404 e. The number of sulfonamides is 1. The van der Waals surface area contributed by atoms with E-state index in [2.05, 4.69) is 0 Å². The molecule has 90 valence electrons. The number of nitrogens with zero attached hydrogens (tertiary/aromatic N) is 1. The number of carboxylic acids is 1. The quantitative estimate of drug-likeness (QED) is 0.776. The summed E-state index contributed by atoms with van der Waals surface area (Å²) >= 11 is 0. The van der Waals surface area contributed by atoms with Gasteiger partial charge in [0.1, 0.15) is 6.04 Å². The number of hydrogen-bond donors (Lipinski definition) is 1. The number of carbonyl (C=O) groups is 1. The summed E-state index contributed by atoms with van der Waals surface area (Å²) in [7, 11) is -3.84. The third-order valence-corrected chi connectivity index (χ3v) is 3.57. The maximum Gasteiger partial charge on any atom is 0.404 e. The van der Waals surface area contributed by atoms with Crippen LogP contribution in [0.2, 0.25) is 0 Å². The summed E-state index contributed by atoms with van der Waals surface area (Å²) in [5.74, 6) is -3.57. The molecule has 0 heterocycles. The zero-order chi connectivity index (χ0) is 12.4. The third kappa shape index (κ3) is 4.47. The predicted octanol–water partition coefficient (Wildman–Crippen LogP) is 0.283. The Bertz CT molecular complexity index is 337. The van der Waals surface area contributed by atoms with Crippen molar-refractivity contribution in [1.29, 1.82) is 0 Å². The van der Waals surface area contributed by atoms with Crippen molar-refractivity contribution in [3.63, 3.8) is 0 Å². The van der Waals surface area contributed by atoms with Gasteiger partial charge < -0.3 is 5.11 Å². The number of aliphatic carboxylic acids is 1. The molecule has 0 amide bonds. The van der Waals surface area contributed by atoms with Gasteiger partial charge in [-0.1, -0.05) is 0 Å². The monoisotopic (exact) mass is 249 g/mol. The van der Waals surface area contributed by atoms with Gasteiger partial charge in [-0.2, -0.15) is 17.5 Å². The standard InChI is InChI=1S/C6H10F3NO4S/c1-4(5(11)12)10(2)15(13,14)3-6(7,8)9/h4H,3H2,1-2H3,(H,11,12). The summed E-state index contributed by atoms with van der Waals surface area (Å²) < 4.78 is 57.7. The van der Waals surface area contributed by atoms with Crippen molar-refractivity contribution in [1.82, 2.24) is 4.31 Å². The van der Waals surface area contributed by atoms with Gasteiger partial charge in [0.05, 0.1) is 0 Å². The highest BCUT2D eigenvalue weighted by Crippen LogP contribution is 2.19. The van der Waals surface area contributed by atoms with E-state index in [0.29, 0.717) is 0 Å². The molecule has 1 atom stereocenters. The number of halogens is 3. The molecular formula is C6H10F3NO4S. The molecule has 0 aliphatic rings. The van der Waals surface area contributed by atoms with Crippen molar-refractivity contribution in [2.45, 2.75) is 19.1 Å². The lowest BCUT2D eigenvalue weighted by atomic mass is 10.4. The van der Waals surface area contributed by atoms with Crippen molar-refractivity contribution in [3.05, 3.63) is 0 Å². The van der Waals surface area contributed by atoms with Crippen LogP contribution in [0.5, 0.6) is 0 Å². The Morgan fingerprint density at radius 3 is 2.13 bits per heavy atom. The van der Waals surface area contributed by atoms with Crippen LogP contribution in [0.15, 0.2) is 0 Å².